The first-order valence-corrected chi connectivity index (χ1v) is 11.6. The molecule has 146 valence electrons. The lowest BCUT2D eigenvalue weighted by molar-refractivity contribution is -0.117. The van der Waals surface area contributed by atoms with Crippen molar-refractivity contribution in [3.8, 4) is 5.75 Å². The van der Waals surface area contributed by atoms with E-state index in [-0.39, 0.29) is 35.1 Å². The lowest BCUT2D eigenvalue weighted by atomic mass is 10.1. The first-order valence-electron chi connectivity index (χ1n) is 8.91. The van der Waals surface area contributed by atoms with Gasteiger partial charge in [0.25, 0.3) is 5.91 Å². The smallest absolute Gasteiger partial charge is 0.252 e. The second-order valence-electron chi connectivity index (χ2n) is 6.82. The van der Waals surface area contributed by atoms with E-state index >= 15 is 0 Å². The van der Waals surface area contributed by atoms with Crippen LogP contribution in [-0.2, 0) is 21.1 Å². The molecule has 1 amide bonds. The van der Waals surface area contributed by atoms with E-state index in [1.54, 1.807) is 7.11 Å². The summed E-state index contributed by atoms with van der Waals surface area (Å²) in [6.07, 6.45) is 0.213. The Bertz CT molecular complexity index is 1020. The van der Waals surface area contributed by atoms with E-state index in [4.69, 9.17) is 4.74 Å². The molecule has 0 unspecified atom stereocenters. The lowest BCUT2D eigenvalue weighted by Gasteiger charge is -2.24. The molecule has 6 nitrogen and oxygen atoms in total. The fourth-order valence-electron chi connectivity index (χ4n) is 3.54. The molecule has 2 saturated heterocycles. The molecule has 0 aromatic heterocycles. The molecular weight excluding hydrogens is 396 g/mol. The minimum Gasteiger partial charge on any atom is -0.497 e. The number of benzene rings is 2. The third kappa shape index (κ3) is 3.93. The number of aliphatic imine (C=N–C) groups is 1. The normalized spacial score (nSPS) is 24.3. The summed E-state index contributed by atoms with van der Waals surface area (Å²) in [5.74, 6) is 0.592. The first-order chi connectivity index (χ1) is 13.4. The maximum Gasteiger partial charge on any atom is 0.252 e. The van der Waals surface area contributed by atoms with Gasteiger partial charge in [0, 0.05) is 17.0 Å². The lowest BCUT2D eigenvalue weighted by Crippen LogP contribution is -2.37. The zero-order valence-corrected chi connectivity index (χ0v) is 16.9. The third-order valence-corrected chi connectivity index (χ3v) is 8.03. The minimum absolute atomic E-state index is 0.0633. The van der Waals surface area contributed by atoms with Crippen molar-refractivity contribution >= 4 is 38.4 Å². The van der Waals surface area contributed by atoms with E-state index in [0.717, 1.165) is 11.3 Å². The Hall–Kier alpha value is -2.32. The number of amides is 1. The number of carbonyl (C=O) groups excluding carboxylic acids is 1. The predicted molar refractivity (Wildman–Crippen MR) is 112 cm³/mol. The molecule has 2 aromatic carbocycles. The van der Waals surface area contributed by atoms with Crippen LogP contribution in [0, 0.1) is 0 Å². The second kappa shape index (κ2) is 7.60. The van der Waals surface area contributed by atoms with Gasteiger partial charge in [0.2, 0.25) is 0 Å². The Morgan fingerprint density at radius 3 is 2.71 bits per heavy atom. The molecule has 2 atom stereocenters. The highest BCUT2D eigenvalue weighted by Gasteiger charge is 2.49. The molecule has 0 saturated carbocycles. The highest BCUT2D eigenvalue weighted by molar-refractivity contribution is 8.16. The topological polar surface area (TPSA) is 76.0 Å². The Kier molecular flexibility index (Phi) is 5.16. The fraction of sp³-hybridized carbons (Fsp3) is 0.300. The van der Waals surface area contributed by atoms with Crippen molar-refractivity contribution < 1.29 is 17.9 Å². The molecule has 2 aromatic rings. The summed E-state index contributed by atoms with van der Waals surface area (Å²) in [6, 6.07) is 16.6. The number of rotatable bonds is 4. The number of thioether (sulfide) groups is 1. The number of anilines is 1. The van der Waals surface area contributed by atoms with Crippen LogP contribution < -0.4 is 9.64 Å². The zero-order chi connectivity index (χ0) is 19.7. The van der Waals surface area contributed by atoms with Crippen LogP contribution >= 0.6 is 11.8 Å². The van der Waals surface area contributed by atoms with Gasteiger partial charge in [0.1, 0.15) is 5.75 Å². The van der Waals surface area contributed by atoms with Crippen LogP contribution in [0.1, 0.15) is 5.56 Å². The number of ether oxygens (including phenoxy) is 1. The average Bonchev–Trinajstić information content (AvgIpc) is 3.13. The molecule has 0 N–H and O–H groups in total. The summed E-state index contributed by atoms with van der Waals surface area (Å²) in [5.41, 5.74) is 1.68. The van der Waals surface area contributed by atoms with E-state index < -0.39 is 9.84 Å². The Labute approximate surface area is 168 Å². The summed E-state index contributed by atoms with van der Waals surface area (Å²) in [5, 5.41) is 0.429. The number of methoxy groups -OCH3 is 1. The molecule has 0 aliphatic carbocycles. The maximum absolute atomic E-state index is 12.5. The Morgan fingerprint density at radius 2 is 1.96 bits per heavy atom. The van der Waals surface area contributed by atoms with Gasteiger partial charge in [0.05, 0.1) is 31.1 Å². The summed E-state index contributed by atoms with van der Waals surface area (Å²) in [7, 11) is -1.51. The van der Waals surface area contributed by atoms with Crippen LogP contribution in [0.15, 0.2) is 59.6 Å². The summed E-state index contributed by atoms with van der Waals surface area (Å²) in [4.78, 5) is 18.8. The predicted octanol–water partition coefficient (Wildman–Crippen LogP) is 2.54. The van der Waals surface area contributed by atoms with E-state index in [2.05, 4.69) is 4.99 Å². The van der Waals surface area contributed by atoms with Crippen molar-refractivity contribution in [3.63, 3.8) is 0 Å². The summed E-state index contributed by atoms with van der Waals surface area (Å²) in [6.45, 7) is 0. The standard InChI is InChI=1S/C20H20N2O4S2/c1-26-16-9-5-8-15(11-16)22-17-12-28(24,25)13-18(17)27-20(22)21-19(23)10-14-6-3-2-4-7-14/h2-9,11,17-18H,10,12-13H2,1H3/t17-,18-/m1/s1. The van der Waals surface area contributed by atoms with Crippen molar-refractivity contribution in [2.24, 2.45) is 4.99 Å². The van der Waals surface area contributed by atoms with E-state index in [0.29, 0.717) is 10.9 Å². The number of carbonyl (C=O) groups is 1. The van der Waals surface area contributed by atoms with Crippen LogP contribution in [0.25, 0.3) is 0 Å². The quantitative estimate of drug-likeness (QED) is 0.762. The number of sulfone groups is 1. The van der Waals surface area contributed by atoms with E-state index in [1.165, 1.54) is 11.8 Å². The van der Waals surface area contributed by atoms with Gasteiger partial charge in [0.15, 0.2) is 15.0 Å². The van der Waals surface area contributed by atoms with E-state index in [9.17, 15) is 13.2 Å². The highest BCUT2D eigenvalue weighted by atomic mass is 32.2. The van der Waals surface area contributed by atoms with Crippen LogP contribution in [0.5, 0.6) is 5.75 Å². The number of amidine groups is 1. The van der Waals surface area contributed by atoms with Gasteiger partial charge in [-0.25, -0.2) is 8.42 Å². The molecule has 2 aliphatic heterocycles. The van der Waals surface area contributed by atoms with Gasteiger partial charge in [-0.05, 0) is 17.7 Å². The van der Waals surface area contributed by atoms with Gasteiger partial charge in [-0.3, -0.25) is 4.79 Å². The molecular formula is C20H20N2O4S2. The molecule has 2 aliphatic rings. The van der Waals surface area contributed by atoms with Crippen molar-refractivity contribution in [1.82, 2.24) is 0 Å². The van der Waals surface area contributed by atoms with Gasteiger partial charge in [-0.2, -0.15) is 4.99 Å². The van der Waals surface area contributed by atoms with Crippen LogP contribution in [0.4, 0.5) is 5.69 Å². The van der Waals surface area contributed by atoms with Crippen molar-refractivity contribution in [2.45, 2.75) is 17.7 Å². The molecule has 2 fully saturated rings. The van der Waals surface area contributed by atoms with Crippen LogP contribution in [0.2, 0.25) is 0 Å². The second-order valence-corrected chi connectivity index (χ2v) is 10.2. The molecule has 8 heteroatoms. The van der Waals surface area contributed by atoms with Crippen molar-refractivity contribution in [3.05, 3.63) is 60.2 Å². The monoisotopic (exact) mass is 416 g/mol. The molecule has 2 heterocycles. The van der Waals surface area contributed by atoms with E-state index in [1.807, 2.05) is 59.5 Å². The van der Waals surface area contributed by atoms with Gasteiger partial charge in [-0.1, -0.05) is 48.2 Å². The number of hydrogen-bond acceptors (Lipinski definition) is 5. The molecule has 0 bridgehead atoms. The number of hydrogen-bond donors (Lipinski definition) is 0. The van der Waals surface area contributed by atoms with Crippen molar-refractivity contribution in [2.75, 3.05) is 23.5 Å². The fourth-order valence-corrected chi connectivity index (χ4v) is 7.47. The van der Waals surface area contributed by atoms with Gasteiger partial charge < -0.3 is 9.64 Å². The SMILES string of the molecule is COc1cccc(N2C(=NC(=O)Cc3ccccc3)S[C@@H]3CS(=O)(=O)C[C@H]32)c1. The average molecular weight is 417 g/mol. The van der Waals surface area contributed by atoms with Crippen LogP contribution in [0.3, 0.4) is 0 Å². The number of nitrogens with zero attached hydrogens (tertiary/aromatic N) is 2. The molecule has 28 heavy (non-hydrogen) atoms. The Balaban J connectivity index is 1.66. The highest BCUT2D eigenvalue weighted by Crippen LogP contribution is 2.41. The number of fused-ring (bicyclic) bond motifs is 1. The molecule has 0 spiro atoms. The van der Waals surface area contributed by atoms with Gasteiger partial charge >= 0.3 is 0 Å². The minimum atomic E-state index is -3.10. The van der Waals surface area contributed by atoms with Crippen molar-refractivity contribution in [1.29, 1.82) is 0 Å². The molecule has 0 radical (unpaired) electrons. The largest absolute Gasteiger partial charge is 0.497 e. The van der Waals surface area contributed by atoms with Crippen LogP contribution in [-0.4, -0.2) is 49.4 Å². The summed E-state index contributed by atoms with van der Waals surface area (Å²) >= 11 is 1.37. The third-order valence-electron chi connectivity index (χ3n) is 4.82. The zero-order valence-electron chi connectivity index (χ0n) is 15.3. The first kappa shape index (κ1) is 19.0. The maximum atomic E-state index is 12.5. The Morgan fingerprint density at radius 1 is 1.18 bits per heavy atom. The summed E-state index contributed by atoms with van der Waals surface area (Å²) < 4.78 is 29.6. The van der Waals surface area contributed by atoms with Gasteiger partial charge in [-0.15, -0.1) is 0 Å². The molecule has 4 rings (SSSR count).